The summed E-state index contributed by atoms with van der Waals surface area (Å²) in [5.74, 6) is 6.91. The second-order valence-electron chi connectivity index (χ2n) is 8.45. The monoisotopic (exact) mass is 439 g/mol. The van der Waals surface area contributed by atoms with Crippen LogP contribution >= 0.6 is 0 Å². The Morgan fingerprint density at radius 1 is 1.38 bits per heavy atom. The maximum absolute atomic E-state index is 10.1. The number of aryl methyl sites for hydroxylation is 1. The summed E-state index contributed by atoms with van der Waals surface area (Å²) in [4.78, 5) is 9.26. The number of nitrogens with two attached hydrogens (primary N) is 1. The Kier molecular flexibility index (Phi) is 6.30. The molecule has 0 bridgehead atoms. The van der Waals surface area contributed by atoms with Gasteiger partial charge in [-0.05, 0) is 69.2 Å². The van der Waals surface area contributed by atoms with Gasteiger partial charge in [-0.25, -0.2) is 14.6 Å². The fourth-order valence-electron chi connectivity index (χ4n) is 3.83. The first kappa shape index (κ1) is 22.0. The van der Waals surface area contributed by atoms with E-state index in [0.29, 0.717) is 47.8 Å². The number of nitrogens with one attached hydrogen (secondary N) is 1. The Labute approximate surface area is 186 Å². The van der Waals surface area contributed by atoms with E-state index in [1.807, 2.05) is 17.6 Å². The molecule has 0 spiro atoms. The molecule has 32 heavy (non-hydrogen) atoms. The lowest BCUT2D eigenvalue weighted by Gasteiger charge is -2.11. The second-order valence-corrected chi connectivity index (χ2v) is 8.45. The highest BCUT2D eigenvalue weighted by Crippen LogP contribution is 2.30. The maximum Gasteiger partial charge on any atom is 0.216 e. The predicted octanol–water partition coefficient (Wildman–Crippen LogP) is 2.12. The first-order valence-electron chi connectivity index (χ1n) is 11.0. The molecule has 3 aromatic heterocycles. The number of anilines is 1. The lowest BCUT2D eigenvalue weighted by Crippen LogP contribution is -2.21. The van der Waals surface area contributed by atoms with E-state index in [2.05, 4.69) is 37.4 Å². The number of pyridine rings is 1. The van der Waals surface area contributed by atoms with Crippen LogP contribution in [0.25, 0.3) is 22.6 Å². The molecule has 4 N–H and O–H groups in total. The standard InChI is InChI=1S/C22H29N7O3/c1-4-29-16-13-17(31-12-6-8-14-7-5-11-24-14)25-15(9-10-22(2,3)30)18(16)26-21(29)19-20(23)28-32-27-19/h13-14,24,30H,4-8,11-12H2,1-3H3,(H2,23,28). The molecule has 3 aromatic rings. The fourth-order valence-corrected chi connectivity index (χ4v) is 3.83. The van der Waals surface area contributed by atoms with Crippen LogP contribution < -0.4 is 15.8 Å². The van der Waals surface area contributed by atoms with Crippen LogP contribution in [0.2, 0.25) is 0 Å². The highest BCUT2D eigenvalue weighted by molar-refractivity contribution is 5.86. The van der Waals surface area contributed by atoms with Crippen molar-refractivity contribution in [3.63, 3.8) is 0 Å². The highest BCUT2D eigenvalue weighted by atomic mass is 16.6. The Morgan fingerprint density at radius 3 is 2.88 bits per heavy atom. The topological polar surface area (TPSA) is 137 Å². The van der Waals surface area contributed by atoms with Gasteiger partial charge in [0, 0.05) is 18.7 Å². The molecule has 0 saturated carbocycles. The Balaban J connectivity index is 1.69. The number of imidazole rings is 1. The van der Waals surface area contributed by atoms with Crippen LogP contribution in [-0.4, -0.2) is 54.7 Å². The van der Waals surface area contributed by atoms with Crippen LogP contribution in [0.3, 0.4) is 0 Å². The van der Waals surface area contributed by atoms with Gasteiger partial charge in [-0.3, -0.25) is 0 Å². The zero-order valence-corrected chi connectivity index (χ0v) is 18.7. The molecule has 1 aliphatic heterocycles. The van der Waals surface area contributed by atoms with Crippen LogP contribution in [0.1, 0.15) is 52.1 Å². The predicted molar refractivity (Wildman–Crippen MR) is 120 cm³/mol. The third-order valence-corrected chi connectivity index (χ3v) is 5.35. The molecular weight excluding hydrogens is 410 g/mol. The molecular formula is C22H29N7O3. The number of aliphatic hydroxyl groups is 1. The minimum Gasteiger partial charge on any atom is -0.478 e. The van der Waals surface area contributed by atoms with E-state index in [4.69, 9.17) is 15.1 Å². The lowest BCUT2D eigenvalue weighted by atomic mass is 10.1. The smallest absolute Gasteiger partial charge is 0.216 e. The van der Waals surface area contributed by atoms with Gasteiger partial charge in [-0.1, -0.05) is 5.92 Å². The van der Waals surface area contributed by atoms with Gasteiger partial charge in [0.25, 0.3) is 0 Å². The minimum absolute atomic E-state index is 0.157. The number of ether oxygens (including phenoxy) is 1. The van der Waals surface area contributed by atoms with E-state index in [9.17, 15) is 5.11 Å². The molecule has 0 aliphatic carbocycles. The van der Waals surface area contributed by atoms with Gasteiger partial charge in [0.1, 0.15) is 16.8 Å². The summed E-state index contributed by atoms with van der Waals surface area (Å²) in [7, 11) is 0. The van der Waals surface area contributed by atoms with Crippen LogP contribution in [0, 0.1) is 11.8 Å². The zero-order chi connectivity index (χ0) is 22.7. The third-order valence-electron chi connectivity index (χ3n) is 5.35. The van der Waals surface area contributed by atoms with E-state index in [0.717, 1.165) is 24.9 Å². The van der Waals surface area contributed by atoms with E-state index in [1.165, 1.54) is 12.8 Å². The first-order chi connectivity index (χ1) is 15.4. The Hall–Kier alpha value is -3.16. The maximum atomic E-state index is 10.1. The van der Waals surface area contributed by atoms with Crippen molar-refractivity contribution in [2.24, 2.45) is 0 Å². The molecule has 170 valence electrons. The van der Waals surface area contributed by atoms with Crippen LogP contribution in [0.4, 0.5) is 5.82 Å². The van der Waals surface area contributed by atoms with Crippen molar-refractivity contribution in [3.05, 3.63) is 11.8 Å². The molecule has 1 aliphatic rings. The quantitative estimate of drug-likeness (QED) is 0.373. The summed E-state index contributed by atoms with van der Waals surface area (Å²) >= 11 is 0. The van der Waals surface area contributed by atoms with Gasteiger partial charge < -0.3 is 25.5 Å². The van der Waals surface area contributed by atoms with E-state index in [-0.39, 0.29) is 5.82 Å². The Bertz CT molecular complexity index is 1140. The summed E-state index contributed by atoms with van der Waals surface area (Å²) < 4.78 is 12.7. The van der Waals surface area contributed by atoms with Crippen molar-refractivity contribution >= 4 is 16.9 Å². The molecule has 10 nitrogen and oxygen atoms in total. The number of aromatic nitrogens is 5. The highest BCUT2D eigenvalue weighted by Gasteiger charge is 2.22. The number of fused-ring (bicyclic) bond motifs is 1. The molecule has 1 atom stereocenters. The van der Waals surface area contributed by atoms with Crippen LogP contribution in [0.5, 0.6) is 5.88 Å². The van der Waals surface area contributed by atoms with Gasteiger partial charge in [0.2, 0.25) is 5.88 Å². The van der Waals surface area contributed by atoms with Crippen LogP contribution in [-0.2, 0) is 6.54 Å². The molecule has 0 amide bonds. The lowest BCUT2D eigenvalue weighted by molar-refractivity contribution is 0.143. The minimum atomic E-state index is -1.17. The largest absolute Gasteiger partial charge is 0.478 e. The van der Waals surface area contributed by atoms with Crippen molar-refractivity contribution < 1.29 is 14.5 Å². The Morgan fingerprint density at radius 2 is 2.22 bits per heavy atom. The number of nitrogen functional groups attached to an aromatic ring is 1. The molecule has 4 rings (SSSR count). The van der Waals surface area contributed by atoms with Gasteiger partial charge in [-0.2, -0.15) is 0 Å². The normalized spacial score (nSPS) is 16.3. The van der Waals surface area contributed by atoms with Gasteiger partial charge in [-0.15, -0.1) is 0 Å². The summed E-state index contributed by atoms with van der Waals surface area (Å²) in [5, 5.41) is 21.1. The molecule has 1 saturated heterocycles. The van der Waals surface area contributed by atoms with Crippen molar-refractivity contribution in [1.82, 2.24) is 30.2 Å². The van der Waals surface area contributed by atoms with E-state index < -0.39 is 5.60 Å². The number of hydrogen-bond donors (Lipinski definition) is 3. The molecule has 10 heteroatoms. The number of hydrogen-bond acceptors (Lipinski definition) is 9. The van der Waals surface area contributed by atoms with Gasteiger partial charge >= 0.3 is 0 Å². The molecule has 4 heterocycles. The average molecular weight is 440 g/mol. The number of rotatable bonds is 7. The average Bonchev–Trinajstić information content (AvgIpc) is 3.48. The SMILES string of the molecule is CCn1c(-c2nonc2N)nc2c(C#CC(C)(C)O)nc(OCCCC3CCCN3)cc21. The number of nitrogens with zero attached hydrogens (tertiary/aromatic N) is 5. The summed E-state index contributed by atoms with van der Waals surface area (Å²) in [5.41, 5.74) is 6.87. The summed E-state index contributed by atoms with van der Waals surface area (Å²) in [6.07, 6.45) is 4.46. The first-order valence-corrected chi connectivity index (χ1v) is 11.0. The van der Waals surface area contributed by atoms with Gasteiger partial charge in [0.15, 0.2) is 17.3 Å². The zero-order valence-electron chi connectivity index (χ0n) is 18.7. The van der Waals surface area contributed by atoms with E-state index >= 15 is 0 Å². The summed E-state index contributed by atoms with van der Waals surface area (Å²) in [6, 6.07) is 2.43. The van der Waals surface area contributed by atoms with E-state index in [1.54, 1.807) is 13.8 Å². The van der Waals surface area contributed by atoms with Crippen molar-refractivity contribution in [3.8, 4) is 29.2 Å². The van der Waals surface area contributed by atoms with Gasteiger partial charge in [0.05, 0.1) is 12.1 Å². The third kappa shape index (κ3) is 4.84. The van der Waals surface area contributed by atoms with Crippen molar-refractivity contribution in [1.29, 1.82) is 0 Å². The molecule has 0 aromatic carbocycles. The van der Waals surface area contributed by atoms with Crippen molar-refractivity contribution in [2.45, 2.75) is 64.6 Å². The van der Waals surface area contributed by atoms with Crippen molar-refractivity contribution in [2.75, 3.05) is 18.9 Å². The second kappa shape index (κ2) is 9.14. The molecule has 0 radical (unpaired) electrons. The molecule has 1 unspecified atom stereocenters. The summed E-state index contributed by atoms with van der Waals surface area (Å²) in [6.45, 7) is 7.49. The molecule has 1 fully saturated rings. The van der Waals surface area contributed by atoms with Crippen LogP contribution in [0.15, 0.2) is 10.7 Å². The fraction of sp³-hybridized carbons (Fsp3) is 0.545.